The maximum Gasteiger partial charge on any atom is 0.437 e. The van der Waals surface area contributed by atoms with Crippen molar-refractivity contribution in [1.29, 1.82) is 0 Å². The fourth-order valence-electron chi connectivity index (χ4n) is 8.47. The lowest BCUT2D eigenvalue weighted by Crippen LogP contribution is -2.63. The summed E-state index contributed by atoms with van der Waals surface area (Å²) in [6.45, 7) is 38.7. The molecule has 0 spiro atoms. The van der Waals surface area contributed by atoms with Gasteiger partial charge >= 0.3 is 78.6 Å². The van der Waals surface area contributed by atoms with Gasteiger partial charge in [-0.3, -0.25) is 38.4 Å². The fourth-order valence-corrected chi connectivity index (χ4v) is 8.47. The summed E-state index contributed by atoms with van der Waals surface area (Å²) in [7, 11) is 0. The summed E-state index contributed by atoms with van der Waals surface area (Å²) < 4.78 is 254. The molecule has 0 radical (unpaired) electrons. The molecular formula is C72H117F17O16. The van der Waals surface area contributed by atoms with Crippen LogP contribution >= 0.6 is 0 Å². The van der Waals surface area contributed by atoms with Crippen LogP contribution in [0.15, 0.2) is 0 Å². The Kier molecular flexibility index (Phi) is 38.8. The summed E-state index contributed by atoms with van der Waals surface area (Å²) in [5.74, 6) is -10.9. The molecule has 33 heteroatoms. The van der Waals surface area contributed by atoms with Crippen LogP contribution in [0, 0.1) is 55.7 Å². The van der Waals surface area contributed by atoms with Gasteiger partial charge in [-0.15, -0.1) is 0 Å². The molecule has 0 aromatic rings. The number of unbranched alkanes of at least 4 members (excludes halogenated alkanes) is 3. The predicted octanol–water partition coefficient (Wildman–Crippen LogP) is 20.4. The molecule has 620 valence electrons. The highest BCUT2D eigenvalue weighted by molar-refractivity contribution is 5.83. The number of alkyl halides is 17. The Hall–Kier alpha value is -5.43. The van der Waals surface area contributed by atoms with Crippen LogP contribution in [0.1, 0.15) is 270 Å². The number of carbonyl (C=O) groups excluding carboxylic acids is 8. The van der Waals surface area contributed by atoms with Gasteiger partial charge in [-0.1, -0.05) is 81.6 Å². The van der Waals surface area contributed by atoms with E-state index in [9.17, 15) is 113 Å². The molecule has 2 bridgehead atoms. The second-order valence-corrected chi connectivity index (χ2v) is 31.5. The smallest absolute Gasteiger partial charge is 0.437 e. The predicted molar refractivity (Wildman–Crippen MR) is 354 cm³/mol. The first kappa shape index (κ1) is 104. The Morgan fingerprint density at radius 1 is 0.438 bits per heavy atom. The number of halogens is 17. The zero-order chi connectivity index (χ0) is 84.2. The fraction of sp³-hybridized carbons (Fsp3) is 0.889. The van der Waals surface area contributed by atoms with Crippen LogP contribution < -0.4 is 0 Å². The highest BCUT2D eigenvalue weighted by Gasteiger charge is 2.81. The van der Waals surface area contributed by atoms with E-state index in [0.29, 0.717) is 32.3 Å². The molecule has 2 aliphatic carbocycles. The van der Waals surface area contributed by atoms with Crippen molar-refractivity contribution in [1.82, 2.24) is 0 Å². The molecule has 0 aromatic carbocycles. The molecule has 16 nitrogen and oxygen atoms in total. The molecule has 1 heterocycles. The van der Waals surface area contributed by atoms with Crippen molar-refractivity contribution in [3.63, 3.8) is 0 Å². The number of esters is 8. The number of hydrogen-bond donors (Lipinski definition) is 0. The number of rotatable bonds is 28. The monoisotopic (exact) mass is 1560 g/mol. The van der Waals surface area contributed by atoms with E-state index in [-0.39, 0.29) is 44.2 Å². The SMILES string of the molecule is CCC(C)(C)C(=O)OC(C)(C(F)(F)F)C(F)(F)F.CCC(C)(C)C(=O)OC(C)(C)C(C)(OC(=O)C(C)C)C(F)(F)F.CCC(C)(C)C(=O)OC1C2CC3C1OC(=O)C3(C(F)(F)F)C2.CCC(C)(C)C(=O)OCCC(C)(F)F.CCC(C)(C)C(=O)OCCC(F)(F)F.CCCCCCOC(=O)C(C)(C)CC. The summed E-state index contributed by atoms with van der Waals surface area (Å²) in [6.07, 6.45) is -20.9. The van der Waals surface area contributed by atoms with Gasteiger partial charge in [-0.25, -0.2) is 8.78 Å². The first-order chi connectivity index (χ1) is 46.7. The van der Waals surface area contributed by atoms with Gasteiger partial charge in [0.15, 0.2) is 11.0 Å². The van der Waals surface area contributed by atoms with Crippen LogP contribution in [0.2, 0.25) is 0 Å². The molecule has 3 fully saturated rings. The highest BCUT2D eigenvalue weighted by atomic mass is 19.4. The topological polar surface area (TPSA) is 210 Å². The van der Waals surface area contributed by atoms with Crippen molar-refractivity contribution < 1.29 is 151 Å². The molecule has 0 N–H and O–H groups in total. The molecule has 3 aliphatic rings. The van der Waals surface area contributed by atoms with E-state index < -0.39 is 177 Å². The molecule has 105 heavy (non-hydrogen) atoms. The average molecular weight is 1560 g/mol. The lowest BCUT2D eigenvalue weighted by atomic mass is 9.73. The Balaban J connectivity index is -0.00000121. The third-order valence-corrected chi connectivity index (χ3v) is 19.8. The summed E-state index contributed by atoms with van der Waals surface area (Å²) in [4.78, 5) is 93.3. The zero-order valence-electron chi connectivity index (χ0n) is 65.9. The summed E-state index contributed by atoms with van der Waals surface area (Å²) in [5, 5.41) is 0. The van der Waals surface area contributed by atoms with Crippen LogP contribution in [0.4, 0.5) is 74.6 Å². The standard InChI is InChI=1S/C16H27F3O4.C15H19F3O4.C12H24O2.C10H14F6O2.C10H18F2O2.C9H15F3O2/c1-9-13(4,5)12(21)23-14(6,7)15(8,16(17,18)19)22-11(20)10(2)3;1-4-13(2,3)11(19)21-9-7-5-8-10(9)22-12(20)14(8,6-7)15(16,17)18;1-5-7-8-9-10-14-11(13)12(3,4)6-2;1-5-7(2,3)6(17)18-8(4,9(11,12)13)10(14,15)16;1-5-9(2,3)8(13)14-7-6-10(4,11)12;1-4-8(2,3)7(13)14-6-5-9(10,11)12/h10H,9H2,1-8H3;7-10H,4-6H2,1-3H3;5-10H2,1-4H3;5H2,1-4H3;5-7H2,1-4H3;4-6H2,1-3H3. The molecule has 0 aromatic heterocycles. The number of hydrogen-bond acceptors (Lipinski definition) is 16. The largest absolute Gasteiger partial charge is 0.465 e. The second kappa shape index (κ2) is 39.3. The lowest BCUT2D eigenvalue weighted by molar-refractivity contribution is -0.364. The van der Waals surface area contributed by atoms with Crippen LogP contribution in [-0.2, 0) is 76.3 Å². The maximum atomic E-state index is 13.6. The summed E-state index contributed by atoms with van der Waals surface area (Å²) >= 11 is 0. The highest BCUT2D eigenvalue weighted by Crippen LogP contribution is 2.68. The summed E-state index contributed by atoms with van der Waals surface area (Å²) in [6, 6.07) is 0. The molecule has 1 aliphatic heterocycles. The van der Waals surface area contributed by atoms with Gasteiger partial charge in [0.2, 0.25) is 11.5 Å². The van der Waals surface area contributed by atoms with Crippen molar-refractivity contribution in [2.45, 2.75) is 336 Å². The quantitative estimate of drug-likeness (QED) is 0.0308. The van der Waals surface area contributed by atoms with Crippen molar-refractivity contribution >= 4 is 47.8 Å². The Morgan fingerprint density at radius 2 is 0.781 bits per heavy atom. The molecule has 2 saturated carbocycles. The Bertz CT molecular complexity index is 2720. The van der Waals surface area contributed by atoms with Gasteiger partial charge < -0.3 is 37.9 Å². The molecule has 1 saturated heterocycles. The number of ether oxygens (including phenoxy) is 8. The summed E-state index contributed by atoms with van der Waals surface area (Å²) in [5.41, 5.74) is -16.6. The maximum absolute atomic E-state index is 13.6. The van der Waals surface area contributed by atoms with Crippen molar-refractivity contribution in [2.24, 2.45) is 55.7 Å². The van der Waals surface area contributed by atoms with Crippen LogP contribution in [0.5, 0.6) is 0 Å². The normalized spacial score (nSPS) is 19.3. The zero-order valence-corrected chi connectivity index (χ0v) is 65.9. The first-order valence-electron chi connectivity index (χ1n) is 35.0. The number of fused-ring (bicyclic) bond motifs is 1. The van der Waals surface area contributed by atoms with E-state index in [1.807, 2.05) is 34.6 Å². The van der Waals surface area contributed by atoms with E-state index >= 15 is 0 Å². The van der Waals surface area contributed by atoms with E-state index in [4.69, 9.17) is 28.4 Å². The second-order valence-electron chi connectivity index (χ2n) is 31.5. The Labute approximate surface area is 608 Å². The van der Waals surface area contributed by atoms with Gasteiger partial charge in [0.25, 0.3) is 5.60 Å². The van der Waals surface area contributed by atoms with Crippen molar-refractivity contribution in [2.75, 3.05) is 19.8 Å². The van der Waals surface area contributed by atoms with Gasteiger partial charge in [0.1, 0.15) is 12.2 Å². The van der Waals surface area contributed by atoms with E-state index in [1.165, 1.54) is 47.5 Å². The minimum atomic E-state index is -5.73. The minimum Gasteiger partial charge on any atom is -0.465 e. The van der Waals surface area contributed by atoms with Gasteiger partial charge in [0.05, 0.1) is 64.6 Å². The Morgan fingerprint density at radius 3 is 1.10 bits per heavy atom. The van der Waals surface area contributed by atoms with Crippen LogP contribution in [0.25, 0.3) is 0 Å². The third kappa shape index (κ3) is 30.2. The number of carbonyl (C=O) groups is 8. The van der Waals surface area contributed by atoms with E-state index in [1.54, 1.807) is 69.2 Å². The first-order valence-corrected chi connectivity index (χ1v) is 35.0. The van der Waals surface area contributed by atoms with Crippen molar-refractivity contribution in [3.05, 3.63) is 0 Å². The molecule has 3 rings (SSSR count). The van der Waals surface area contributed by atoms with Gasteiger partial charge in [-0.05, 0) is 175 Å². The minimum absolute atomic E-state index is 0.0532. The van der Waals surface area contributed by atoms with Gasteiger partial charge in [-0.2, -0.15) is 65.9 Å². The van der Waals surface area contributed by atoms with Crippen molar-refractivity contribution in [3.8, 4) is 0 Å². The molecule has 0 amide bonds. The molecule has 6 atom stereocenters. The van der Waals surface area contributed by atoms with Crippen LogP contribution in [0.3, 0.4) is 0 Å². The van der Waals surface area contributed by atoms with E-state index in [2.05, 4.69) is 16.4 Å². The van der Waals surface area contributed by atoms with Gasteiger partial charge in [0, 0.05) is 18.3 Å². The third-order valence-electron chi connectivity index (χ3n) is 19.8. The average Bonchev–Trinajstić information content (AvgIpc) is 1.52. The van der Waals surface area contributed by atoms with Crippen LogP contribution in [-0.4, -0.2) is 133 Å². The molecular weight excluding hydrogens is 1440 g/mol. The van der Waals surface area contributed by atoms with E-state index in [0.717, 1.165) is 47.0 Å². The lowest BCUT2D eigenvalue weighted by Gasteiger charge is -2.44. The molecule has 6 unspecified atom stereocenters.